The van der Waals surface area contributed by atoms with Crippen LogP contribution in [0.25, 0.3) is 0 Å². The van der Waals surface area contributed by atoms with E-state index < -0.39 is 0 Å². The maximum atomic E-state index is 5.60. The Morgan fingerprint density at radius 2 is 2.27 bits per heavy atom. The predicted octanol–water partition coefficient (Wildman–Crippen LogP) is 2.09. The number of nitrogens with one attached hydrogen (secondary N) is 1. The van der Waals surface area contributed by atoms with Gasteiger partial charge in [-0.25, -0.2) is 5.43 Å². The fraction of sp³-hybridized carbons (Fsp3) is 0.417. The second-order valence-corrected chi connectivity index (χ2v) is 3.88. The average molecular weight is 203 g/mol. The number of pyridine rings is 1. The van der Waals surface area contributed by atoms with Crippen molar-refractivity contribution in [3.63, 3.8) is 0 Å². The minimum atomic E-state index is 0.0894. The van der Waals surface area contributed by atoms with E-state index in [0.717, 1.165) is 12.1 Å². The first kappa shape index (κ1) is 10.3. The fourth-order valence-electron chi connectivity index (χ4n) is 2.05. The molecule has 0 saturated carbocycles. The Morgan fingerprint density at radius 3 is 2.87 bits per heavy atom. The topological polar surface area (TPSA) is 50.9 Å². The molecule has 0 fully saturated rings. The molecule has 1 aromatic heterocycles. The molecule has 3 N–H and O–H groups in total. The van der Waals surface area contributed by atoms with Crippen molar-refractivity contribution in [2.45, 2.75) is 31.7 Å². The molecule has 1 heterocycles. The molecule has 0 saturated heterocycles. The van der Waals surface area contributed by atoms with Crippen LogP contribution in [0, 0.1) is 0 Å². The van der Waals surface area contributed by atoms with Gasteiger partial charge in [0.25, 0.3) is 0 Å². The Kier molecular flexibility index (Phi) is 3.48. The zero-order valence-electron chi connectivity index (χ0n) is 8.82. The van der Waals surface area contributed by atoms with E-state index in [-0.39, 0.29) is 6.04 Å². The highest BCUT2D eigenvalue weighted by Gasteiger charge is 2.17. The van der Waals surface area contributed by atoms with Crippen LogP contribution >= 0.6 is 0 Å². The number of rotatable bonds is 3. The van der Waals surface area contributed by atoms with Gasteiger partial charge in [-0.3, -0.25) is 10.8 Å². The van der Waals surface area contributed by atoms with Gasteiger partial charge in [0.15, 0.2) is 0 Å². The molecular formula is C12H17N3. The van der Waals surface area contributed by atoms with E-state index in [9.17, 15) is 0 Å². The lowest BCUT2D eigenvalue weighted by Gasteiger charge is -2.21. The van der Waals surface area contributed by atoms with Gasteiger partial charge in [-0.2, -0.15) is 0 Å². The maximum absolute atomic E-state index is 5.60. The maximum Gasteiger partial charge on any atom is 0.0841 e. The van der Waals surface area contributed by atoms with Gasteiger partial charge in [0.1, 0.15) is 0 Å². The van der Waals surface area contributed by atoms with E-state index in [1.807, 2.05) is 24.4 Å². The van der Waals surface area contributed by atoms with Crippen LogP contribution in [0.15, 0.2) is 36.0 Å². The van der Waals surface area contributed by atoms with Crippen molar-refractivity contribution in [3.8, 4) is 0 Å². The molecule has 2 rings (SSSR count). The summed E-state index contributed by atoms with van der Waals surface area (Å²) in [6.07, 6.45) is 8.96. The van der Waals surface area contributed by atoms with Gasteiger partial charge in [0, 0.05) is 6.20 Å². The van der Waals surface area contributed by atoms with E-state index in [4.69, 9.17) is 5.84 Å². The highest BCUT2D eigenvalue weighted by atomic mass is 15.2. The van der Waals surface area contributed by atoms with Crippen molar-refractivity contribution in [2.24, 2.45) is 5.84 Å². The monoisotopic (exact) mass is 203 g/mol. The molecule has 0 bridgehead atoms. The van der Waals surface area contributed by atoms with E-state index in [1.165, 1.54) is 24.8 Å². The lowest BCUT2D eigenvalue weighted by molar-refractivity contribution is 0.555. The van der Waals surface area contributed by atoms with Crippen LogP contribution in [-0.4, -0.2) is 4.98 Å². The second-order valence-electron chi connectivity index (χ2n) is 3.88. The molecule has 1 unspecified atom stereocenters. The van der Waals surface area contributed by atoms with Crippen molar-refractivity contribution in [1.29, 1.82) is 0 Å². The van der Waals surface area contributed by atoms with Crippen LogP contribution in [0.2, 0.25) is 0 Å². The van der Waals surface area contributed by atoms with Gasteiger partial charge in [0.05, 0.1) is 11.7 Å². The Balaban J connectivity index is 2.20. The summed E-state index contributed by atoms with van der Waals surface area (Å²) < 4.78 is 0. The van der Waals surface area contributed by atoms with Crippen molar-refractivity contribution in [2.75, 3.05) is 0 Å². The summed E-state index contributed by atoms with van der Waals surface area (Å²) in [4.78, 5) is 4.34. The first-order valence-electron chi connectivity index (χ1n) is 5.48. The lowest BCUT2D eigenvalue weighted by Crippen LogP contribution is -2.30. The zero-order chi connectivity index (χ0) is 10.5. The van der Waals surface area contributed by atoms with Crippen LogP contribution in [0.1, 0.15) is 37.4 Å². The molecule has 80 valence electrons. The first-order valence-corrected chi connectivity index (χ1v) is 5.48. The molecule has 3 heteroatoms. The van der Waals surface area contributed by atoms with Gasteiger partial charge >= 0.3 is 0 Å². The average Bonchev–Trinajstić information content (AvgIpc) is 2.33. The quantitative estimate of drug-likeness (QED) is 0.449. The van der Waals surface area contributed by atoms with Crippen molar-refractivity contribution in [1.82, 2.24) is 10.4 Å². The summed E-state index contributed by atoms with van der Waals surface area (Å²) in [5, 5.41) is 0. The van der Waals surface area contributed by atoms with Gasteiger partial charge < -0.3 is 0 Å². The lowest BCUT2D eigenvalue weighted by atomic mass is 9.92. The Hall–Kier alpha value is -1.19. The number of nitrogens with two attached hydrogens (primary N) is 1. The summed E-state index contributed by atoms with van der Waals surface area (Å²) in [5.41, 5.74) is 5.24. The van der Waals surface area contributed by atoms with Crippen LogP contribution in [0.4, 0.5) is 0 Å². The van der Waals surface area contributed by atoms with Crippen molar-refractivity contribution < 1.29 is 0 Å². The van der Waals surface area contributed by atoms with E-state index >= 15 is 0 Å². The minimum Gasteiger partial charge on any atom is -0.271 e. The fourth-order valence-corrected chi connectivity index (χ4v) is 2.05. The van der Waals surface area contributed by atoms with Crippen LogP contribution in [0.5, 0.6) is 0 Å². The number of aromatic nitrogens is 1. The SMILES string of the molecule is NNC(C1=CCCCC1)c1ccccn1. The Morgan fingerprint density at radius 1 is 1.33 bits per heavy atom. The number of nitrogens with zero attached hydrogens (tertiary/aromatic N) is 1. The molecular weight excluding hydrogens is 186 g/mol. The Labute approximate surface area is 90.4 Å². The third-order valence-corrected chi connectivity index (χ3v) is 2.85. The highest BCUT2D eigenvalue weighted by Crippen LogP contribution is 2.27. The molecule has 15 heavy (non-hydrogen) atoms. The molecule has 0 aromatic carbocycles. The minimum absolute atomic E-state index is 0.0894. The molecule has 1 atom stereocenters. The molecule has 3 nitrogen and oxygen atoms in total. The first-order chi connectivity index (χ1) is 7.42. The van der Waals surface area contributed by atoms with Crippen LogP contribution < -0.4 is 11.3 Å². The number of hydrogen-bond acceptors (Lipinski definition) is 3. The van der Waals surface area contributed by atoms with Gasteiger partial charge in [-0.15, -0.1) is 0 Å². The van der Waals surface area contributed by atoms with Crippen LogP contribution in [-0.2, 0) is 0 Å². The molecule has 0 aliphatic heterocycles. The van der Waals surface area contributed by atoms with E-state index in [1.54, 1.807) is 0 Å². The van der Waals surface area contributed by atoms with Crippen molar-refractivity contribution >= 4 is 0 Å². The van der Waals surface area contributed by atoms with Gasteiger partial charge in [0.2, 0.25) is 0 Å². The van der Waals surface area contributed by atoms with E-state index in [0.29, 0.717) is 0 Å². The summed E-state index contributed by atoms with van der Waals surface area (Å²) in [5.74, 6) is 5.60. The van der Waals surface area contributed by atoms with Gasteiger partial charge in [-0.1, -0.05) is 17.7 Å². The van der Waals surface area contributed by atoms with Gasteiger partial charge in [-0.05, 0) is 37.8 Å². The molecule has 1 aromatic rings. The normalized spacial score (nSPS) is 18.3. The molecule has 1 aliphatic rings. The highest BCUT2D eigenvalue weighted by molar-refractivity contribution is 5.23. The summed E-state index contributed by atoms with van der Waals surface area (Å²) >= 11 is 0. The summed E-state index contributed by atoms with van der Waals surface area (Å²) in [6, 6.07) is 6.02. The van der Waals surface area contributed by atoms with Crippen molar-refractivity contribution in [3.05, 3.63) is 41.7 Å². The predicted molar refractivity (Wildman–Crippen MR) is 60.9 cm³/mol. The van der Waals surface area contributed by atoms with Crippen LogP contribution in [0.3, 0.4) is 0 Å². The number of allylic oxidation sites excluding steroid dienone is 1. The smallest absolute Gasteiger partial charge is 0.0841 e. The molecule has 0 radical (unpaired) electrons. The second kappa shape index (κ2) is 5.05. The third kappa shape index (κ3) is 2.43. The standard InChI is InChI=1S/C12H17N3/c13-15-12(10-6-2-1-3-7-10)11-8-4-5-9-14-11/h4-6,8-9,12,15H,1-3,7,13H2. The third-order valence-electron chi connectivity index (χ3n) is 2.85. The molecule has 0 spiro atoms. The number of hydrazine groups is 1. The molecule has 1 aliphatic carbocycles. The summed E-state index contributed by atoms with van der Waals surface area (Å²) in [7, 11) is 0. The summed E-state index contributed by atoms with van der Waals surface area (Å²) in [6.45, 7) is 0. The molecule has 0 amide bonds. The van der Waals surface area contributed by atoms with E-state index in [2.05, 4.69) is 16.5 Å². The largest absolute Gasteiger partial charge is 0.271 e. The number of hydrogen-bond donors (Lipinski definition) is 2. The zero-order valence-corrected chi connectivity index (χ0v) is 8.82. The Bertz CT molecular complexity index is 332.